The van der Waals surface area contributed by atoms with Gasteiger partial charge in [-0.3, -0.25) is 20.2 Å². The molecule has 39 heavy (non-hydrogen) atoms. The smallest absolute Gasteiger partial charge is 0.299 e. The van der Waals surface area contributed by atoms with E-state index in [1.54, 1.807) is 0 Å². The van der Waals surface area contributed by atoms with Gasteiger partial charge in [-0.1, -0.05) is 0 Å². The molecule has 0 fully saturated rings. The molecule has 0 atom stereocenters. The number of rotatable bonds is 28. The number of hydrogen-bond donors (Lipinski definition) is 1. The zero-order valence-electron chi connectivity index (χ0n) is 22.5. The molecule has 1 aromatic rings. The van der Waals surface area contributed by atoms with E-state index < -0.39 is 9.85 Å². The zero-order valence-corrected chi connectivity index (χ0v) is 22.5. The fourth-order valence-corrected chi connectivity index (χ4v) is 2.88. The third-order valence-electron chi connectivity index (χ3n) is 4.76. The minimum atomic E-state index is -0.680. The van der Waals surface area contributed by atoms with Gasteiger partial charge in [-0.25, -0.2) is 0 Å². The number of nitro groups is 2. The molecule has 1 N–H and O–H groups in total. The molecule has 1 rings (SSSR count). The fourth-order valence-electron chi connectivity index (χ4n) is 2.88. The van der Waals surface area contributed by atoms with Crippen LogP contribution >= 0.6 is 0 Å². The van der Waals surface area contributed by atoms with Crippen LogP contribution in [0.1, 0.15) is 6.92 Å². The van der Waals surface area contributed by atoms with Crippen molar-refractivity contribution in [3.8, 4) is 0 Å². The Morgan fingerprint density at radius 1 is 0.590 bits per heavy atom. The second kappa shape index (κ2) is 24.5. The number of anilines is 1. The summed E-state index contributed by atoms with van der Waals surface area (Å²) in [5.74, 6) is 0. The lowest BCUT2D eigenvalue weighted by Crippen LogP contribution is -2.15. The van der Waals surface area contributed by atoms with Gasteiger partial charge < -0.3 is 43.2 Å². The first-order chi connectivity index (χ1) is 19.1. The van der Waals surface area contributed by atoms with Crippen LogP contribution in [-0.4, -0.2) is 122 Å². The van der Waals surface area contributed by atoms with Crippen LogP contribution in [0, 0.1) is 20.2 Å². The van der Waals surface area contributed by atoms with Crippen molar-refractivity contribution in [2.75, 3.05) is 118 Å². The second-order valence-electron chi connectivity index (χ2n) is 7.63. The highest BCUT2D eigenvalue weighted by molar-refractivity contribution is 5.65. The Balaban J connectivity index is 1.81. The molecule has 0 aliphatic heterocycles. The molecule has 0 radical (unpaired) electrons. The molecule has 15 nitrogen and oxygen atoms in total. The molecular weight excluding hydrogens is 522 g/mol. The first kappa shape index (κ1) is 34.5. The van der Waals surface area contributed by atoms with Gasteiger partial charge in [-0.15, -0.1) is 0 Å². The van der Waals surface area contributed by atoms with E-state index in [1.807, 2.05) is 6.92 Å². The van der Waals surface area contributed by atoms with E-state index in [-0.39, 0.29) is 23.7 Å². The van der Waals surface area contributed by atoms with E-state index in [2.05, 4.69) is 5.32 Å². The van der Waals surface area contributed by atoms with Crippen LogP contribution in [0.3, 0.4) is 0 Å². The maximum atomic E-state index is 11.1. The lowest BCUT2D eigenvalue weighted by atomic mass is 10.2. The van der Waals surface area contributed by atoms with Crippen molar-refractivity contribution in [1.29, 1.82) is 0 Å². The quantitative estimate of drug-likeness (QED) is 0.0893. The molecule has 0 unspecified atom stereocenters. The Hall–Kier alpha value is -2.50. The summed E-state index contributed by atoms with van der Waals surface area (Å²) >= 11 is 0. The van der Waals surface area contributed by atoms with Crippen LogP contribution in [0.5, 0.6) is 0 Å². The molecule has 0 saturated carbocycles. The second-order valence-corrected chi connectivity index (χ2v) is 7.63. The number of hydrogen-bond acceptors (Lipinski definition) is 13. The van der Waals surface area contributed by atoms with E-state index in [1.165, 1.54) is 12.1 Å². The Labute approximate surface area is 228 Å². The number of nitrogens with zero attached hydrogens (tertiary/aromatic N) is 2. The average Bonchev–Trinajstić information content (AvgIpc) is 2.92. The molecule has 1 aromatic carbocycles. The zero-order chi connectivity index (χ0) is 28.4. The largest absolute Gasteiger partial charge is 0.379 e. The molecule has 224 valence electrons. The van der Waals surface area contributed by atoms with Crippen molar-refractivity contribution in [3.05, 3.63) is 38.4 Å². The van der Waals surface area contributed by atoms with Crippen LogP contribution in [0.4, 0.5) is 17.1 Å². The highest BCUT2D eigenvalue weighted by atomic mass is 16.6. The normalized spacial score (nSPS) is 11.1. The molecule has 0 aromatic heterocycles. The Bertz CT molecular complexity index is 772. The standard InChI is InChI=1S/C24H41N3O12/c1-2-32-7-8-34-11-12-36-15-16-38-19-20-39-18-17-37-14-13-35-10-9-33-6-5-25-23-4-3-22(26(28)29)21-24(23)27(30)31/h3-4,21,25H,2,5-20H2,1H3. The SMILES string of the molecule is CCOCCOCCOCCOCCOCCOCCOCCOCCNc1ccc([N+](=O)[O-])cc1[N+](=O)[O-]. The Morgan fingerprint density at radius 3 is 1.33 bits per heavy atom. The first-order valence-corrected chi connectivity index (χ1v) is 12.8. The van der Waals surface area contributed by atoms with Crippen LogP contribution in [0.15, 0.2) is 18.2 Å². The third kappa shape index (κ3) is 19.2. The topological polar surface area (TPSA) is 172 Å². The molecule has 0 spiro atoms. The summed E-state index contributed by atoms with van der Waals surface area (Å²) in [6, 6.07) is 3.43. The van der Waals surface area contributed by atoms with Crippen molar-refractivity contribution in [3.63, 3.8) is 0 Å². The molecule has 0 aliphatic carbocycles. The summed E-state index contributed by atoms with van der Waals surface area (Å²) in [6.45, 7) is 9.90. The third-order valence-corrected chi connectivity index (χ3v) is 4.76. The van der Waals surface area contributed by atoms with Crippen molar-refractivity contribution >= 4 is 17.1 Å². The summed E-state index contributed by atoms with van der Waals surface area (Å²) in [7, 11) is 0. The minimum absolute atomic E-state index is 0.190. The highest BCUT2D eigenvalue weighted by Crippen LogP contribution is 2.28. The summed E-state index contributed by atoms with van der Waals surface area (Å²) in [4.78, 5) is 20.5. The van der Waals surface area contributed by atoms with E-state index in [0.717, 1.165) is 6.07 Å². The van der Waals surface area contributed by atoms with Crippen molar-refractivity contribution in [1.82, 2.24) is 0 Å². The summed E-state index contributed by atoms with van der Waals surface area (Å²) in [5.41, 5.74) is -0.513. The van der Waals surface area contributed by atoms with E-state index in [0.29, 0.717) is 106 Å². The molecule has 0 bridgehead atoms. The van der Waals surface area contributed by atoms with Gasteiger partial charge in [0.2, 0.25) is 0 Å². The van der Waals surface area contributed by atoms with Gasteiger partial charge in [0, 0.05) is 19.2 Å². The average molecular weight is 564 g/mol. The lowest BCUT2D eigenvalue weighted by Gasteiger charge is -2.09. The van der Waals surface area contributed by atoms with Gasteiger partial charge in [0.25, 0.3) is 11.4 Å². The maximum Gasteiger partial charge on any atom is 0.299 e. The van der Waals surface area contributed by atoms with Gasteiger partial charge in [0.15, 0.2) is 0 Å². The van der Waals surface area contributed by atoms with Crippen LogP contribution in [0.25, 0.3) is 0 Å². The summed E-state index contributed by atoms with van der Waals surface area (Å²) in [5, 5.41) is 24.7. The van der Waals surface area contributed by atoms with Crippen molar-refractivity contribution in [2.45, 2.75) is 6.92 Å². The Kier molecular flexibility index (Phi) is 21.7. The lowest BCUT2D eigenvalue weighted by molar-refractivity contribution is -0.393. The number of benzene rings is 1. The predicted molar refractivity (Wildman–Crippen MR) is 140 cm³/mol. The molecule has 15 heteroatoms. The van der Waals surface area contributed by atoms with Crippen LogP contribution in [-0.2, 0) is 37.9 Å². The molecule has 0 saturated heterocycles. The molecule has 0 aliphatic rings. The van der Waals surface area contributed by atoms with Crippen molar-refractivity contribution < 1.29 is 47.7 Å². The van der Waals surface area contributed by atoms with Crippen LogP contribution < -0.4 is 5.32 Å². The van der Waals surface area contributed by atoms with E-state index in [4.69, 9.17) is 37.9 Å². The highest BCUT2D eigenvalue weighted by Gasteiger charge is 2.18. The van der Waals surface area contributed by atoms with Gasteiger partial charge in [0.05, 0.1) is 115 Å². The number of nitro benzene ring substituents is 2. The predicted octanol–water partition coefficient (Wildman–Crippen LogP) is 2.07. The summed E-state index contributed by atoms with van der Waals surface area (Å²) < 4.78 is 42.9. The minimum Gasteiger partial charge on any atom is -0.379 e. The van der Waals surface area contributed by atoms with Crippen LogP contribution in [0.2, 0.25) is 0 Å². The first-order valence-electron chi connectivity index (χ1n) is 12.8. The molecular formula is C24H41N3O12. The monoisotopic (exact) mass is 563 g/mol. The number of non-ortho nitro benzene ring substituents is 1. The number of nitrogens with one attached hydrogen (secondary N) is 1. The fraction of sp³-hybridized carbons (Fsp3) is 0.750. The van der Waals surface area contributed by atoms with E-state index in [9.17, 15) is 20.2 Å². The van der Waals surface area contributed by atoms with Crippen molar-refractivity contribution in [2.24, 2.45) is 0 Å². The van der Waals surface area contributed by atoms with Gasteiger partial charge >= 0.3 is 0 Å². The summed E-state index contributed by atoms with van der Waals surface area (Å²) in [6.07, 6.45) is 0. The molecule has 0 amide bonds. The Morgan fingerprint density at radius 2 is 0.974 bits per heavy atom. The number of ether oxygens (including phenoxy) is 8. The molecule has 0 heterocycles. The van der Waals surface area contributed by atoms with E-state index >= 15 is 0 Å². The van der Waals surface area contributed by atoms with Gasteiger partial charge in [-0.05, 0) is 13.0 Å². The van der Waals surface area contributed by atoms with Gasteiger partial charge in [0.1, 0.15) is 5.69 Å². The maximum absolute atomic E-state index is 11.1. The van der Waals surface area contributed by atoms with Gasteiger partial charge in [-0.2, -0.15) is 0 Å².